The van der Waals surface area contributed by atoms with Gasteiger partial charge in [-0.2, -0.15) is 0 Å². The van der Waals surface area contributed by atoms with Crippen molar-refractivity contribution >= 4 is 27.6 Å². The highest BCUT2D eigenvalue weighted by Gasteiger charge is 2.10. The second-order valence-corrected chi connectivity index (χ2v) is 4.53. The van der Waals surface area contributed by atoms with E-state index in [1.807, 2.05) is 19.2 Å². The molecule has 1 rings (SSSR count). The highest BCUT2D eigenvalue weighted by Crippen LogP contribution is 2.24. The smallest absolute Gasteiger partial charge is 0.142 e. The molecule has 1 aromatic rings. The number of hydrogen-bond acceptors (Lipinski definition) is 3. The number of anilines is 1. The summed E-state index contributed by atoms with van der Waals surface area (Å²) in [5.41, 5.74) is 6.48. The maximum Gasteiger partial charge on any atom is 0.142 e. The van der Waals surface area contributed by atoms with Crippen LogP contribution in [0.15, 0.2) is 16.7 Å². The van der Waals surface area contributed by atoms with Crippen molar-refractivity contribution in [3.63, 3.8) is 0 Å². The molecule has 0 bridgehead atoms. The van der Waals surface area contributed by atoms with Crippen LogP contribution in [0.3, 0.4) is 0 Å². The van der Waals surface area contributed by atoms with Crippen LogP contribution >= 0.6 is 15.9 Å². The van der Waals surface area contributed by atoms with Gasteiger partial charge in [0.25, 0.3) is 0 Å². The lowest BCUT2D eigenvalue weighted by atomic mass is 10.3. The molecule has 5 heteroatoms. The Labute approximate surface area is 104 Å². The number of hydrogen-bond donors (Lipinski definition) is 2. The fourth-order valence-electron chi connectivity index (χ4n) is 1.43. The summed E-state index contributed by atoms with van der Waals surface area (Å²) >= 11 is 3.51. The van der Waals surface area contributed by atoms with E-state index in [9.17, 15) is 0 Å². The fourth-order valence-corrected chi connectivity index (χ4v) is 2.14. The molecule has 0 aliphatic carbocycles. The van der Waals surface area contributed by atoms with Crippen LogP contribution < -0.4 is 10.6 Å². The summed E-state index contributed by atoms with van der Waals surface area (Å²) in [5, 5.41) is 7.23. The van der Waals surface area contributed by atoms with Crippen LogP contribution in [0.2, 0.25) is 0 Å². The minimum Gasteiger partial charge on any atom is -0.388 e. The Hall–Kier alpha value is -1.10. The lowest BCUT2D eigenvalue weighted by Gasteiger charge is -2.22. The predicted molar refractivity (Wildman–Crippen MR) is 71.1 cm³/mol. The van der Waals surface area contributed by atoms with Crippen LogP contribution in [0.25, 0.3) is 0 Å². The zero-order valence-electron chi connectivity index (χ0n) is 9.63. The summed E-state index contributed by atoms with van der Waals surface area (Å²) in [6, 6.07) is 2.04. The van der Waals surface area contributed by atoms with Gasteiger partial charge in [0.1, 0.15) is 5.82 Å². The van der Waals surface area contributed by atoms with Gasteiger partial charge in [-0.25, -0.2) is 4.98 Å². The van der Waals surface area contributed by atoms with Crippen LogP contribution in [0.4, 0.5) is 5.82 Å². The van der Waals surface area contributed by atoms with Crippen LogP contribution in [0.1, 0.15) is 18.9 Å². The topological polar surface area (TPSA) is 66.0 Å². The van der Waals surface area contributed by atoms with E-state index in [1.54, 1.807) is 0 Å². The molecule has 0 spiro atoms. The Morgan fingerprint density at radius 2 is 2.31 bits per heavy atom. The second kappa shape index (κ2) is 5.84. The molecule has 88 valence electrons. The van der Waals surface area contributed by atoms with E-state index < -0.39 is 0 Å². The van der Waals surface area contributed by atoms with Crippen molar-refractivity contribution in [1.29, 1.82) is 5.41 Å². The molecule has 0 aliphatic heterocycles. The maximum atomic E-state index is 7.23. The fraction of sp³-hybridized carbons (Fsp3) is 0.455. The number of pyridine rings is 1. The van der Waals surface area contributed by atoms with Gasteiger partial charge >= 0.3 is 0 Å². The molecule has 0 saturated heterocycles. The number of halogens is 1. The molecule has 0 unspecified atom stereocenters. The van der Waals surface area contributed by atoms with Gasteiger partial charge in [0.05, 0.1) is 10.3 Å². The summed E-state index contributed by atoms with van der Waals surface area (Å²) in [4.78, 5) is 6.50. The number of nitrogens with two attached hydrogens (primary N) is 1. The summed E-state index contributed by atoms with van der Waals surface area (Å²) in [5.74, 6) is 1.12. The van der Waals surface area contributed by atoms with Crippen molar-refractivity contribution in [1.82, 2.24) is 4.98 Å². The van der Waals surface area contributed by atoms with E-state index in [-0.39, 0.29) is 5.84 Å². The molecule has 0 aromatic carbocycles. The Morgan fingerprint density at radius 1 is 1.62 bits per heavy atom. The van der Waals surface area contributed by atoms with Crippen molar-refractivity contribution in [2.75, 3.05) is 18.0 Å². The number of nitrogens with one attached hydrogen (secondary N) is 1. The SMILES string of the molecule is CCN(CCC(=N)N)c1ncc(C)cc1Br. The molecule has 0 saturated carbocycles. The number of nitrogens with zero attached hydrogens (tertiary/aromatic N) is 2. The third kappa shape index (κ3) is 3.48. The van der Waals surface area contributed by atoms with E-state index in [0.29, 0.717) is 6.42 Å². The molecule has 4 nitrogen and oxygen atoms in total. The predicted octanol–water partition coefficient (Wildman–Crippen LogP) is 2.30. The largest absolute Gasteiger partial charge is 0.388 e. The molecule has 3 N–H and O–H groups in total. The number of amidine groups is 1. The Morgan fingerprint density at radius 3 is 2.81 bits per heavy atom. The van der Waals surface area contributed by atoms with Gasteiger partial charge in [-0.05, 0) is 41.4 Å². The molecular formula is C11H17BrN4. The lowest BCUT2D eigenvalue weighted by molar-refractivity contribution is 0.811. The molecule has 16 heavy (non-hydrogen) atoms. The highest BCUT2D eigenvalue weighted by atomic mass is 79.9. The number of aryl methyl sites for hydroxylation is 1. The van der Waals surface area contributed by atoms with E-state index in [1.165, 1.54) is 0 Å². The van der Waals surface area contributed by atoms with Gasteiger partial charge in [-0.3, -0.25) is 5.41 Å². The third-order valence-corrected chi connectivity index (χ3v) is 2.87. The molecule has 0 radical (unpaired) electrons. The summed E-state index contributed by atoms with van der Waals surface area (Å²) in [6.07, 6.45) is 2.41. The highest BCUT2D eigenvalue weighted by molar-refractivity contribution is 9.10. The second-order valence-electron chi connectivity index (χ2n) is 3.67. The normalized spacial score (nSPS) is 10.2. The minimum absolute atomic E-state index is 0.210. The number of rotatable bonds is 5. The first-order chi connectivity index (χ1) is 7.54. The van der Waals surface area contributed by atoms with Crippen molar-refractivity contribution in [2.24, 2.45) is 5.73 Å². The van der Waals surface area contributed by atoms with Gasteiger partial charge < -0.3 is 10.6 Å². The first-order valence-corrected chi connectivity index (χ1v) is 6.04. The molecule has 0 atom stereocenters. The van der Waals surface area contributed by atoms with Crippen LogP contribution in [-0.2, 0) is 0 Å². The zero-order valence-corrected chi connectivity index (χ0v) is 11.2. The summed E-state index contributed by atoms with van der Waals surface area (Å²) in [7, 11) is 0. The van der Waals surface area contributed by atoms with Gasteiger partial charge in [0, 0.05) is 25.7 Å². The van der Waals surface area contributed by atoms with Gasteiger partial charge in [-0.1, -0.05) is 0 Å². The monoisotopic (exact) mass is 284 g/mol. The number of aromatic nitrogens is 1. The van der Waals surface area contributed by atoms with Crippen LogP contribution in [-0.4, -0.2) is 23.9 Å². The molecule has 0 fully saturated rings. The Kier molecular flexibility index (Phi) is 4.73. The molecule has 0 amide bonds. The Bertz CT molecular complexity index is 378. The van der Waals surface area contributed by atoms with E-state index in [2.05, 4.69) is 32.7 Å². The molecule has 0 aliphatic rings. The maximum absolute atomic E-state index is 7.23. The van der Waals surface area contributed by atoms with Crippen molar-refractivity contribution in [2.45, 2.75) is 20.3 Å². The first-order valence-electron chi connectivity index (χ1n) is 5.24. The van der Waals surface area contributed by atoms with Gasteiger partial charge in [0.2, 0.25) is 0 Å². The van der Waals surface area contributed by atoms with E-state index in [0.717, 1.165) is 28.9 Å². The third-order valence-electron chi connectivity index (χ3n) is 2.29. The summed E-state index contributed by atoms with van der Waals surface area (Å²) < 4.78 is 0.984. The van der Waals surface area contributed by atoms with Crippen LogP contribution in [0.5, 0.6) is 0 Å². The van der Waals surface area contributed by atoms with E-state index in [4.69, 9.17) is 11.1 Å². The molecular weight excluding hydrogens is 268 g/mol. The van der Waals surface area contributed by atoms with Crippen LogP contribution in [0, 0.1) is 12.3 Å². The average Bonchev–Trinajstić information content (AvgIpc) is 2.21. The van der Waals surface area contributed by atoms with Gasteiger partial charge in [-0.15, -0.1) is 0 Å². The zero-order chi connectivity index (χ0) is 12.1. The van der Waals surface area contributed by atoms with E-state index >= 15 is 0 Å². The molecule has 1 aromatic heterocycles. The summed E-state index contributed by atoms with van der Waals surface area (Å²) in [6.45, 7) is 5.64. The van der Waals surface area contributed by atoms with Crippen molar-refractivity contribution in [3.8, 4) is 0 Å². The van der Waals surface area contributed by atoms with Crippen molar-refractivity contribution in [3.05, 3.63) is 22.3 Å². The lowest BCUT2D eigenvalue weighted by Crippen LogP contribution is -2.28. The quantitative estimate of drug-likeness (QED) is 0.644. The van der Waals surface area contributed by atoms with Crippen molar-refractivity contribution < 1.29 is 0 Å². The Balaban J connectivity index is 2.82. The standard InChI is InChI=1S/C11H17BrN4/c1-3-16(5-4-10(13)14)11-9(12)6-8(2)7-15-11/h6-7H,3-5H2,1-2H3,(H3,13,14). The average molecular weight is 285 g/mol. The molecule has 1 heterocycles. The minimum atomic E-state index is 0.210. The van der Waals surface area contributed by atoms with Gasteiger partial charge in [0.15, 0.2) is 0 Å². The first kappa shape index (κ1) is 13.0.